The van der Waals surface area contributed by atoms with Crippen molar-refractivity contribution in [1.82, 2.24) is 0 Å². The summed E-state index contributed by atoms with van der Waals surface area (Å²) >= 11 is 1.82. The van der Waals surface area contributed by atoms with E-state index in [0.29, 0.717) is 17.7 Å². The predicted molar refractivity (Wildman–Crippen MR) is 81.3 cm³/mol. The molecule has 0 saturated carbocycles. The van der Waals surface area contributed by atoms with Crippen LogP contribution in [0.4, 0.5) is 5.69 Å². The highest BCUT2D eigenvalue weighted by molar-refractivity contribution is 7.99. The van der Waals surface area contributed by atoms with Crippen LogP contribution in [-0.4, -0.2) is 17.4 Å². The van der Waals surface area contributed by atoms with Gasteiger partial charge in [0.1, 0.15) is 6.07 Å². The van der Waals surface area contributed by atoms with Crippen LogP contribution in [0.5, 0.6) is 0 Å². The van der Waals surface area contributed by atoms with Crippen LogP contribution >= 0.6 is 11.8 Å². The summed E-state index contributed by atoms with van der Waals surface area (Å²) in [5.74, 6) is 1.94. The highest BCUT2D eigenvalue weighted by Crippen LogP contribution is 2.14. The van der Waals surface area contributed by atoms with Crippen LogP contribution in [0.3, 0.4) is 0 Å². The number of carbonyl (C=O) groups is 1. The smallest absolute Gasteiger partial charge is 0.225 e. The van der Waals surface area contributed by atoms with Crippen LogP contribution in [0.15, 0.2) is 24.3 Å². The van der Waals surface area contributed by atoms with Crippen LogP contribution in [-0.2, 0) is 4.79 Å². The molecule has 0 aliphatic rings. The van der Waals surface area contributed by atoms with Crippen molar-refractivity contribution < 1.29 is 4.79 Å². The van der Waals surface area contributed by atoms with Gasteiger partial charge >= 0.3 is 0 Å². The van der Waals surface area contributed by atoms with Gasteiger partial charge in [-0.1, -0.05) is 31.9 Å². The number of hydrogen-bond acceptors (Lipinski definition) is 3. The zero-order chi connectivity index (χ0) is 13.9. The molecule has 3 nitrogen and oxygen atoms in total. The Morgan fingerprint density at radius 3 is 2.84 bits per heavy atom. The minimum absolute atomic E-state index is 0.0225. The fourth-order valence-corrected chi connectivity index (χ4v) is 2.57. The maximum Gasteiger partial charge on any atom is 0.225 e. The second kappa shape index (κ2) is 9.46. The molecule has 1 rings (SSSR count). The Labute approximate surface area is 119 Å². The lowest BCUT2D eigenvalue weighted by Crippen LogP contribution is -2.13. The Balaban J connectivity index is 2.26. The predicted octanol–water partition coefficient (Wildman–Crippen LogP) is 3.81. The van der Waals surface area contributed by atoms with E-state index in [1.54, 1.807) is 18.2 Å². The van der Waals surface area contributed by atoms with Gasteiger partial charge in [-0.05, 0) is 24.3 Å². The molecule has 0 bridgehead atoms. The summed E-state index contributed by atoms with van der Waals surface area (Å²) in [6.45, 7) is 2.19. The molecular weight excluding hydrogens is 256 g/mol. The number of rotatable bonds is 8. The molecule has 1 aromatic rings. The Kier molecular flexibility index (Phi) is 7.76. The summed E-state index contributed by atoms with van der Waals surface area (Å²) < 4.78 is 0. The van der Waals surface area contributed by atoms with Crippen LogP contribution in [0.2, 0.25) is 0 Å². The van der Waals surface area contributed by atoms with Crippen LogP contribution in [0, 0.1) is 11.3 Å². The molecule has 4 heteroatoms. The van der Waals surface area contributed by atoms with E-state index in [1.165, 1.54) is 19.3 Å². The molecule has 19 heavy (non-hydrogen) atoms. The van der Waals surface area contributed by atoms with E-state index < -0.39 is 0 Å². The lowest BCUT2D eigenvalue weighted by Gasteiger charge is -2.06. The van der Waals surface area contributed by atoms with E-state index in [9.17, 15) is 4.79 Å². The second-order valence-electron chi connectivity index (χ2n) is 4.28. The molecule has 1 aromatic carbocycles. The van der Waals surface area contributed by atoms with Crippen molar-refractivity contribution in [2.75, 3.05) is 16.8 Å². The molecule has 0 fully saturated rings. The van der Waals surface area contributed by atoms with Gasteiger partial charge in [-0.15, -0.1) is 0 Å². The number of thioether (sulfide) groups is 1. The number of hydrogen-bond donors (Lipinski definition) is 1. The van der Waals surface area contributed by atoms with Crippen molar-refractivity contribution >= 4 is 23.4 Å². The van der Waals surface area contributed by atoms with E-state index in [1.807, 2.05) is 17.8 Å². The number of para-hydroxylation sites is 1. The zero-order valence-electron chi connectivity index (χ0n) is 11.3. The van der Waals surface area contributed by atoms with Crippen molar-refractivity contribution in [2.45, 2.75) is 32.6 Å². The number of amides is 1. The first-order valence-corrected chi connectivity index (χ1v) is 7.80. The van der Waals surface area contributed by atoms with Crippen molar-refractivity contribution in [3.8, 4) is 6.07 Å². The van der Waals surface area contributed by atoms with Gasteiger partial charge in [0.05, 0.1) is 11.3 Å². The Hall–Kier alpha value is -1.47. The molecule has 0 unspecified atom stereocenters. The van der Waals surface area contributed by atoms with E-state index in [2.05, 4.69) is 18.3 Å². The van der Waals surface area contributed by atoms with E-state index in [-0.39, 0.29) is 5.91 Å². The molecule has 0 aliphatic carbocycles. The number of carbonyl (C=O) groups excluding carboxylic acids is 1. The van der Waals surface area contributed by atoms with Crippen molar-refractivity contribution in [1.29, 1.82) is 5.26 Å². The molecular formula is C15H20N2OS. The first-order chi connectivity index (χ1) is 9.27. The molecule has 0 saturated heterocycles. The highest BCUT2D eigenvalue weighted by atomic mass is 32.2. The van der Waals surface area contributed by atoms with Gasteiger partial charge < -0.3 is 5.32 Å². The quantitative estimate of drug-likeness (QED) is 0.734. The van der Waals surface area contributed by atoms with Crippen molar-refractivity contribution in [3.63, 3.8) is 0 Å². The molecule has 1 amide bonds. The number of nitriles is 1. The lowest BCUT2D eigenvalue weighted by molar-refractivity contribution is -0.115. The molecule has 0 heterocycles. The summed E-state index contributed by atoms with van der Waals surface area (Å²) in [6, 6.07) is 9.13. The largest absolute Gasteiger partial charge is 0.325 e. The first-order valence-electron chi connectivity index (χ1n) is 6.64. The molecule has 0 atom stereocenters. The Bertz CT molecular complexity index is 440. The van der Waals surface area contributed by atoms with Gasteiger partial charge in [0.2, 0.25) is 5.91 Å². The molecule has 0 aliphatic heterocycles. The fourth-order valence-electron chi connectivity index (χ4n) is 1.62. The molecule has 102 valence electrons. The monoisotopic (exact) mass is 276 g/mol. The Morgan fingerprint density at radius 1 is 1.32 bits per heavy atom. The number of unbranched alkanes of at least 4 members (excludes halogenated alkanes) is 2. The third-order valence-corrected chi connectivity index (χ3v) is 3.76. The highest BCUT2D eigenvalue weighted by Gasteiger charge is 2.05. The average Bonchev–Trinajstić information content (AvgIpc) is 2.43. The third-order valence-electron chi connectivity index (χ3n) is 2.69. The normalized spacial score (nSPS) is 9.89. The molecule has 0 spiro atoms. The maximum absolute atomic E-state index is 11.7. The summed E-state index contributed by atoms with van der Waals surface area (Å²) in [7, 11) is 0. The van der Waals surface area contributed by atoms with Crippen LogP contribution in [0.1, 0.15) is 38.2 Å². The van der Waals surface area contributed by atoms with Gasteiger partial charge in [-0.25, -0.2) is 0 Å². The van der Waals surface area contributed by atoms with E-state index in [0.717, 1.165) is 11.5 Å². The fraction of sp³-hybridized carbons (Fsp3) is 0.467. The first kappa shape index (κ1) is 15.6. The summed E-state index contributed by atoms with van der Waals surface area (Å²) in [5, 5.41) is 11.7. The number of anilines is 1. The maximum atomic E-state index is 11.7. The van der Waals surface area contributed by atoms with Crippen molar-refractivity contribution in [2.24, 2.45) is 0 Å². The number of nitrogens with one attached hydrogen (secondary N) is 1. The number of nitrogens with zero attached hydrogens (tertiary/aromatic N) is 1. The molecule has 0 radical (unpaired) electrons. The van der Waals surface area contributed by atoms with Crippen LogP contribution < -0.4 is 5.32 Å². The van der Waals surface area contributed by atoms with Gasteiger partial charge in [-0.3, -0.25) is 4.79 Å². The topological polar surface area (TPSA) is 52.9 Å². The number of benzene rings is 1. The van der Waals surface area contributed by atoms with Crippen LogP contribution in [0.25, 0.3) is 0 Å². The summed E-state index contributed by atoms with van der Waals surface area (Å²) in [6.07, 6.45) is 4.21. The zero-order valence-corrected chi connectivity index (χ0v) is 12.1. The van der Waals surface area contributed by atoms with E-state index in [4.69, 9.17) is 5.26 Å². The van der Waals surface area contributed by atoms with E-state index >= 15 is 0 Å². The van der Waals surface area contributed by atoms with Gasteiger partial charge in [0.25, 0.3) is 0 Å². The molecule has 0 aromatic heterocycles. The Morgan fingerprint density at radius 2 is 2.11 bits per heavy atom. The van der Waals surface area contributed by atoms with Crippen molar-refractivity contribution in [3.05, 3.63) is 29.8 Å². The minimum atomic E-state index is -0.0225. The van der Waals surface area contributed by atoms with Gasteiger partial charge in [0, 0.05) is 12.2 Å². The van der Waals surface area contributed by atoms with Gasteiger partial charge in [0.15, 0.2) is 0 Å². The second-order valence-corrected chi connectivity index (χ2v) is 5.50. The SMILES string of the molecule is CCCCCSCCC(=O)Nc1ccccc1C#N. The summed E-state index contributed by atoms with van der Waals surface area (Å²) in [5.41, 5.74) is 1.11. The van der Waals surface area contributed by atoms with Gasteiger partial charge in [-0.2, -0.15) is 17.0 Å². The average molecular weight is 276 g/mol. The third kappa shape index (κ3) is 6.30. The standard InChI is InChI=1S/C15H20N2OS/c1-2-3-6-10-19-11-9-15(18)17-14-8-5-4-7-13(14)12-16/h4-5,7-8H,2-3,6,9-11H2,1H3,(H,17,18). The summed E-state index contributed by atoms with van der Waals surface area (Å²) in [4.78, 5) is 11.7. The molecule has 1 N–H and O–H groups in total. The lowest BCUT2D eigenvalue weighted by atomic mass is 10.2. The minimum Gasteiger partial charge on any atom is -0.325 e.